The van der Waals surface area contributed by atoms with E-state index < -0.39 is 35.7 Å². The van der Waals surface area contributed by atoms with Crippen molar-refractivity contribution in [3.8, 4) is 0 Å². The number of allylic oxidation sites excluding steroid dienone is 3. The Morgan fingerprint density at radius 1 is 1.37 bits per heavy atom. The van der Waals surface area contributed by atoms with Crippen LogP contribution in [0.5, 0.6) is 0 Å². The zero-order chi connectivity index (χ0) is 20.0. The average Bonchev–Trinajstić information content (AvgIpc) is 2.97. The van der Waals surface area contributed by atoms with Gasteiger partial charge in [-0.2, -0.15) is 13.2 Å². The Bertz CT molecular complexity index is 713. The molecule has 7 heteroatoms. The Kier molecular flexibility index (Phi) is 6.82. The summed E-state index contributed by atoms with van der Waals surface area (Å²) >= 11 is 0. The van der Waals surface area contributed by atoms with Crippen LogP contribution >= 0.6 is 0 Å². The molecule has 1 heterocycles. The highest BCUT2D eigenvalue weighted by atomic mass is 19.4. The minimum Gasteiger partial charge on any atom is -0.447 e. The highest BCUT2D eigenvalue weighted by Gasteiger charge is 2.39. The molecule has 0 N–H and O–H groups in total. The SMILES string of the molecule is C=CC/C(=C\C[C@H](C)C(=O)N1C(=O)OC[C@H]1Cc1ccccc1)C(F)(F)F. The molecule has 0 aliphatic carbocycles. The Hall–Kier alpha value is -2.57. The fraction of sp³-hybridized carbons (Fsp3) is 0.400. The molecule has 0 aromatic heterocycles. The molecule has 1 aromatic rings. The van der Waals surface area contributed by atoms with Gasteiger partial charge in [0.1, 0.15) is 6.61 Å². The van der Waals surface area contributed by atoms with Crippen LogP contribution < -0.4 is 0 Å². The smallest absolute Gasteiger partial charge is 0.416 e. The lowest BCUT2D eigenvalue weighted by Crippen LogP contribution is -2.42. The van der Waals surface area contributed by atoms with Crippen LogP contribution in [0.2, 0.25) is 0 Å². The normalized spacial score (nSPS) is 19.0. The van der Waals surface area contributed by atoms with Crippen LogP contribution in [0.3, 0.4) is 0 Å². The first-order valence-corrected chi connectivity index (χ1v) is 8.65. The summed E-state index contributed by atoms with van der Waals surface area (Å²) in [6.45, 7) is 4.90. The summed E-state index contributed by atoms with van der Waals surface area (Å²) in [5.41, 5.74) is 0.193. The number of imide groups is 1. The van der Waals surface area contributed by atoms with Crippen molar-refractivity contribution in [3.05, 3.63) is 60.2 Å². The molecule has 27 heavy (non-hydrogen) atoms. The van der Waals surface area contributed by atoms with Crippen molar-refractivity contribution in [2.45, 2.75) is 38.4 Å². The van der Waals surface area contributed by atoms with Crippen LogP contribution in [0.1, 0.15) is 25.3 Å². The maximum absolute atomic E-state index is 12.9. The zero-order valence-electron chi connectivity index (χ0n) is 15.0. The van der Waals surface area contributed by atoms with E-state index in [0.29, 0.717) is 6.42 Å². The fourth-order valence-electron chi connectivity index (χ4n) is 2.89. The van der Waals surface area contributed by atoms with Crippen molar-refractivity contribution in [2.24, 2.45) is 5.92 Å². The summed E-state index contributed by atoms with van der Waals surface area (Å²) < 4.78 is 43.8. The summed E-state index contributed by atoms with van der Waals surface area (Å²) in [6, 6.07) is 8.85. The second-order valence-corrected chi connectivity index (χ2v) is 6.49. The third-order valence-electron chi connectivity index (χ3n) is 4.38. The molecule has 146 valence electrons. The first kappa shape index (κ1) is 20.7. The largest absolute Gasteiger partial charge is 0.447 e. The van der Waals surface area contributed by atoms with E-state index in [1.165, 1.54) is 13.0 Å². The van der Waals surface area contributed by atoms with Crippen LogP contribution in [0.25, 0.3) is 0 Å². The van der Waals surface area contributed by atoms with E-state index in [2.05, 4.69) is 6.58 Å². The van der Waals surface area contributed by atoms with Gasteiger partial charge in [0.2, 0.25) is 5.91 Å². The van der Waals surface area contributed by atoms with Gasteiger partial charge in [0.25, 0.3) is 0 Å². The van der Waals surface area contributed by atoms with Crippen LogP contribution in [-0.4, -0.2) is 35.7 Å². The molecule has 0 unspecified atom stereocenters. The number of amides is 2. The summed E-state index contributed by atoms with van der Waals surface area (Å²) in [5, 5.41) is 0. The van der Waals surface area contributed by atoms with Gasteiger partial charge in [-0.15, -0.1) is 6.58 Å². The number of halogens is 3. The van der Waals surface area contributed by atoms with E-state index in [-0.39, 0.29) is 19.4 Å². The molecule has 2 rings (SSSR count). The molecule has 2 amide bonds. The molecular weight excluding hydrogens is 359 g/mol. The van der Waals surface area contributed by atoms with E-state index in [9.17, 15) is 22.8 Å². The van der Waals surface area contributed by atoms with Gasteiger partial charge in [-0.1, -0.05) is 49.4 Å². The summed E-state index contributed by atoms with van der Waals surface area (Å²) in [7, 11) is 0. The second-order valence-electron chi connectivity index (χ2n) is 6.49. The Morgan fingerprint density at radius 3 is 2.63 bits per heavy atom. The standard InChI is InChI=1S/C20H22F3NO3/c1-3-7-16(20(21,22)23)11-10-14(2)18(25)24-17(13-27-19(24)26)12-15-8-5-4-6-9-15/h3-6,8-9,11,14,17H,1,7,10,12-13H2,2H3/b16-11+/t14-,17+/m0/s1. The Morgan fingerprint density at radius 2 is 2.04 bits per heavy atom. The molecule has 0 spiro atoms. The molecular formula is C20H22F3NO3. The first-order chi connectivity index (χ1) is 12.7. The van der Waals surface area contributed by atoms with Crippen LogP contribution in [0, 0.1) is 5.92 Å². The zero-order valence-corrected chi connectivity index (χ0v) is 15.0. The number of benzene rings is 1. The predicted molar refractivity (Wildman–Crippen MR) is 94.9 cm³/mol. The maximum Gasteiger partial charge on any atom is 0.416 e. The fourth-order valence-corrected chi connectivity index (χ4v) is 2.89. The second kappa shape index (κ2) is 8.88. The highest BCUT2D eigenvalue weighted by Crippen LogP contribution is 2.30. The molecule has 1 aliphatic rings. The van der Waals surface area contributed by atoms with Gasteiger partial charge in [-0.25, -0.2) is 9.69 Å². The molecule has 0 bridgehead atoms. The van der Waals surface area contributed by atoms with Gasteiger partial charge >= 0.3 is 12.3 Å². The summed E-state index contributed by atoms with van der Waals surface area (Å²) in [5.74, 6) is -1.31. The van der Waals surface area contributed by atoms with Crippen molar-refractivity contribution < 1.29 is 27.5 Å². The molecule has 0 saturated carbocycles. The van der Waals surface area contributed by atoms with Gasteiger partial charge in [-0.3, -0.25) is 4.79 Å². The van der Waals surface area contributed by atoms with Gasteiger partial charge < -0.3 is 4.74 Å². The monoisotopic (exact) mass is 381 g/mol. The van der Waals surface area contributed by atoms with Crippen molar-refractivity contribution in [1.29, 1.82) is 0 Å². The number of carbonyl (C=O) groups excluding carboxylic acids is 2. The van der Waals surface area contributed by atoms with Gasteiger partial charge in [-0.05, 0) is 24.8 Å². The van der Waals surface area contributed by atoms with E-state index >= 15 is 0 Å². The third-order valence-corrected chi connectivity index (χ3v) is 4.38. The van der Waals surface area contributed by atoms with Crippen molar-refractivity contribution in [1.82, 2.24) is 4.90 Å². The topological polar surface area (TPSA) is 46.6 Å². The number of carbonyl (C=O) groups is 2. The highest BCUT2D eigenvalue weighted by molar-refractivity contribution is 5.94. The quantitative estimate of drug-likeness (QED) is 0.645. The minimum absolute atomic E-state index is 0.0757. The number of nitrogens with zero attached hydrogens (tertiary/aromatic N) is 1. The summed E-state index contributed by atoms with van der Waals surface area (Å²) in [6.07, 6.45) is -3.07. The van der Waals surface area contributed by atoms with Crippen molar-refractivity contribution in [2.75, 3.05) is 6.61 Å². The summed E-state index contributed by atoms with van der Waals surface area (Å²) in [4.78, 5) is 25.7. The average molecular weight is 381 g/mol. The number of hydrogen-bond acceptors (Lipinski definition) is 3. The number of ether oxygens (including phenoxy) is 1. The molecule has 2 atom stereocenters. The Labute approximate surface area is 156 Å². The molecule has 0 radical (unpaired) electrons. The maximum atomic E-state index is 12.9. The van der Waals surface area contributed by atoms with E-state index in [0.717, 1.165) is 16.5 Å². The van der Waals surface area contributed by atoms with Gasteiger partial charge in [0, 0.05) is 11.5 Å². The van der Waals surface area contributed by atoms with Crippen LogP contribution in [0.4, 0.5) is 18.0 Å². The van der Waals surface area contributed by atoms with Gasteiger partial charge in [0.05, 0.1) is 6.04 Å². The van der Waals surface area contributed by atoms with Crippen molar-refractivity contribution >= 4 is 12.0 Å². The first-order valence-electron chi connectivity index (χ1n) is 8.65. The third kappa shape index (κ3) is 5.45. The van der Waals surface area contributed by atoms with E-state index in [1.54, 1.807) is 0 Å². The lowest BCUT2D eigenvalue weighted by atomic mass is 10.0. The lowest BCUT2D eigenvalue weighted by Gasteiger charge is -2.23. The molecule has 1 aromatic carbocycles. The number of rotatable bonds is 7. The molecule has 4 nitrogen and oxygen atoms in total. The van der Waals surface area contributed by atoms with Gasteiger partial charge in [0.15, 0.2) is 0 Å². The van der Waals surface area contributed by atoms with Crippen LogP contribution in [-0.2, 0) is 16.0 Å². The minimum atomic E-state index is -4.47. The molecule has 1 saturated heterocycles. The predicted octanol–water partition coefficient (Wildman–Crippen LogP) is 4.67. The molecule has 1 aliphatic heterocycles. The lowest BCUT2D eigenvalue weighted by molar-refractivity contribution is -0.132. The van der Waals surface area contributed by atoms with E-state index in [4.69, 9.17) is 4.74 Å². The van der Waals surface area contributed by atoms with Crippen LogP contribution in [0.15, 0.2) is 54.6 Å². The van der Waals surface area contributed by atoms with E-state index in [1.807, 2.05) is 30.3 Å². The molecule has 1 fully saturated rings. The number of hydrogen-bond donors (Lipinski definition) is 0. The number of cyclic esters (lactones) is 1. The van der Waals surface area contributed by atoms with Crippen molar-refractivity contribution in [3.63, 3.8) is 0 Å². The number of alkyl halides is 3. The Balaban J connectivity index is 2.08.